The van der Waals surface area contributed by atoms with Crippen LogP contribution in [0.4, 0.5) is 0 Å². The minimum Gasteiger partial charge on any atom is -0.349 e. The molecule has 0 spiro atoms. The predicted octanol–water partition coefficient (Wildman–Crippen LogP) is 1.62. The van der Waals surface area contributed by atoms with Crippen LogP contribution in [0, 0.1) is 6.92 Å². The highest BCUT2D eigenvalue weighted by molar-refractivity contribution is 6.01. The number of aryl methyl sites for hydroxylation is 1. The number of rotatable bonds is 3. The van der Waals surface area contributed by atoms with Gasteiger partial charge >= 0.3 is 0 Å². The Balaban J connectivity index is 1.51. The van der Waals surface area contributed by atoms with E-state index in [1.807, 2.05) is 19.1 Å². The third-order valence-corrected chi connectivity index (χ3v) is 5.10. The fraction of sp³-hybridized carbons (Fsp3) is 0.333. The molecule has 0 aliphatic carbocycles. The van der Waals surface area contributed by atoms with E-state index in [9.17, 15) is 4.79 Å². The highest BCUT2D eigenvalue weighted by Crippen LogP contribution is 2.26. The molecule has 0 saturated carbocycles. The number of benzene rings is 1. The van der Waals surface area contributed by atoms with Crippen LogP contribution in [0.1, 0.15) is 28.9 Å². The number of aromatic amines is 3. The fourth-order valence-corrected chi connectivity index (χ4v) is 3.65. The molecule has 0 atom stereocenters. The summed E-state index contributed by atoms with van der Waals surface area (Å²) < 4.78 is 0. The zero-order chi connectivity index (χ0) is 18.4. The third kappa shape index (κ3) is 2.76. The molecule has 1 aliphatic heterocycles. The van der Waals surface area contributed by atoms with Crippen molar-refractivity contribution in [3.05, 3.63) is 29.7 Å². The summed E-state index contributed by atoms with van der Waals surface area (Å²) in [4.78, 5) is 28.2. The number of imidazole rings is 2. The molecule has 1 aromatic carbocycles. The quantitative estimate of drug-likeness (QED) is 0.377. The molecule has 0 radical (unpaired) electrons. The minimum atomic E-state index is -0.114. The van der Waals surface area contributed by atoms with Gasteiger partial charge in [0, 0.05) is 11.7 Å². The molecule has 9 heteroatoms. The van der Waals surface area contributed by atoms with E-state index in [0.29, 0.717) is 17.1 Å². The zero-order valence-electron chi connectivity index (χ0n) is 14.9. The summed E-state index contributed by atoms with van der Waals surface area (Å²) in [5.41, 5.74) is 5.23. The molecular weight excluding hydrogens is 344 g/mol. The molecule has 4 aromatic rings. The van der Waals surface area contributed by atoms with Crippen LogP contribution in [0.15, 0.2) is 18.5 Å². The molecule has 5 N–H and O–H groups in total. The number of hydrogen-bond donors (Lipinski definition) is 5. The first-order valence-corrected chi connectivity index (χ1v) is 9.09. The van der Waals surface area contributed by atoms with E-state index in [-0.39, 0.29) is 11.9 Å². The van der Waals surface area contributed by atoms with E-state index < -0.39 is 0 Å². The van der Waals surface area contributed by atoms with Crippen LogP contribution in [-0.2, 0) is 0 Å². The summed E-state index contributed by atoms with van der Waals surface area (Å²) in [7, 11) is 0. The van der Waals surface area contributed by atoms with Crippen molar-refractivity contribution >= 4 is 28.0 Å². The van der Waals surface area contributed by atoms with E-state index >= 15 is 0 Å². The molecule has 3 aromatic heterocycles. The molecule has 138 valence electrons. The van der Waals surface area contributed by atoms with Gasteiger partial charge in [-0.05, 0) is 45.0 Å². The Hall–Kier alpha value is -3.20. The van der Waals surface area contributed by atoms with Crippen molar-refractivity contribution in [2.75, 3.05) is 13.1 Å². The molecule has 1 aliphatic rings. The Bertz CT molecular complexity index is 1080. The van der Waals surface area contributed by atoms with E-state index in [1.54, 1.807) is 6.33 Å². The number of piperidine rings is 1. The van der Waals surface area contributed by atoms with Crippen molar-refractivity contribution in [2.45, 2.75) is 25.8 Å². The Morgan fingerprint density at radius 1 is 1.19 bits per heavy atom. The van der Waals surface area contributed by atoms with Crippen LogP contribution in [0.3, 0.4) is 0 Å². The normalized spacial score (nSPS) is 15.6. The van der Waals surface area contributed by atoms with Crippen LogP contribution in [-0.4, -0.2) is 55.2 Å². The number of nitrogens with one attached hydrogen (secondary N) is 5. The first-order valence-electron chi connectivity index (χ1n) is 9.09. The summed E-state index contributed by atoms with van der Waals surface area (Å²) in [5, 5.41) is 13.7. The fourth-order valence-electron chi connectivity index (χ4n) is 3.65. The summed E-state index contributed by atoms with van der Waals surface area (Å²) in [6.07, 6.45) is 3.52. The Morgan fingerprint density at radius 3 is 2.89 bits per heavy atom. The Morgan fingerprint density at radius 2 is 2.04 bits per heavy atom. The van der Waals surface area contributed by atoms with Crippen LogP contribution >= 0.6 is 0 Å². The van der Waals surface area contributed by atoms with Gasteiger partial charge in [0.25, 0.3) is 5.91 Å². The molecule has 1 fully saturated rings. The first-order chi connectivity index (χ1) is 13.2. The molecule has 0 unspecified atom stereocenters. The monoisotopic (exact) mass is 364 g/mol. The maximum atomic E-state index is 12.9. The molecule has 1 saturated heterocycles. The largest absolute Gasteiger partial charge is 0.349 e. The van der Waals surface area contributed by atoms with E-state index in [2.05, 4.69) is 40.8 Å². The Kier molecular flexibility index (Phi) is 3.68. The number of amides is 1. The lowest BCUT2D eigenvalue weighted by molar-refractivity contribution is 0.0929. The average Bonchev–Trinajstić information content (AvgIpc) is 3.37. The minimum absolute atomic E-state index is 0.114. The van der Waals surface area contributed by atoms with Crippen molar-refractivity contribution in [1.82, 2.24) is 40.8 Å². The van der Waals surface area contributed by atoms with Crippen LogP contribution in [0.25, 0.3) is 33.6 Å². The predicted molar refractivity (Wildman–Crippen MR) is 101 cm³/mol. The number of H-pyrrole nitrogens is 3. The van der Waals surface area contributed by atoms with Gasteiger partial charge in [-0.3, -0.25) is 9.89 Å². The summed E-state index contributed by atoms with van der Waals surface area (Å²) in [6.45, 7) is 3.70. The summed E-state index contributed by atoms with van der Waals surface area (Å²) in [6, 6.07) is 4.06. The third-order valence-electron chi connectivity index (χ3n) is 5.10. The van der Waals surface area contributed by atoms with Gasteiger partial charge in [-0.2, -0.15) is 5.10 Å². The standard InChI is InChI=1S/C18H20N8O/c1-9-15(18(27)22-10-2-4-19-5-3-10)16(26-25-9)17-23-13-6-11-12(21-8-20-11)7-14(13)24-17/h6-8,10,19H,2-5H2,1H3,(H,20,21)(H,22,27)(H,23,24)(H,25,26). The van der Waals surface area contributed by atoms with Crippen molar-refractivity contribution in [1.29, 1.82) is 0 Å². The highest BCUT2D eigenvalue weighted by Gasteiger charge is 2.24. The highest BCUT2D eigenvalue weighted by atomic mass is 16.1. The SMILES string of the molecule is Cc1[nH]nc(-c2nc3cc4nc[nH]c4cc3[nH]2)c1C(=O)NC1CCNCC1. The van der Waals surface area contributed by atoms with E-state index in [4.69, 9.17) is 0 Å². The second-order valence-electron chi connectivity index (χ2n) is 6.94. The molecule has 5 rings (SSSR count). The Labute approximate surface area is 154 Å². The molecule has 4 heterocycles. The van der Waals surface area contributed by atoms with Gasteiger partial charge in [0.15, 0.2) is 5.82 Å². The number of hydrogen-bond acceptors (Lipinski definition) is 5. The molecule has 1 amide bonds. The van der Waals surface area contributed by atoms with Crippen molar-refractivity contribution in [3.63, 3.8) is 0 Å². The van der Waals surface area contributed by atoms with Crippen molar-refractivity contribution in [3.8, 4) is 11.5 Å². The molecular formula is C18H20N8O. The lowest BCUT2D eigenvalue weighted by atomic mass is 10.1. The second kappa shape index (κ2) is 6.20. The summed E-state index contributed by atoms with van der Waals surface area (Å²) >= 11 is 0. The topological polar surface area (TPSA) is 127 Å². The van der Waals surface area contributed by atoms with Gasteiger partial charge in [-0.25, -0.2) is 9.97 Å². The van der Waals surface area contributed by atoms with Crippen molar-refractivity contribution < 1.29 is 4.79 Å². The van der Waals surface area contributed by atoms with Crippen LogP contribution in [0.5, 0.6) is 0 Å². The first kappa shape index (κ1) is 16.0. The van der Waals surface area contributed by atoms with Gasteiger partial charge in [-0.1, -0.05) is 0 Å². The zero-order valence-corrected chi connectivity index (χ0v) is 14.9. The lowest BCUT2D eigenvalue weighted by Gasteiger charge is -2.23. The van der Waals surface area contributed by atoms with Gasteiger partial charge in [0.05, 0.1) is 34.0 Å². The van der Waals surface area contributed by atoms with Crippen LogP contribution < -0.4 is 10.6 Å². The average molecular weight is 364 g/mol. The van der Waals surface area contributed by atoms with Gasteiger partial charge in [-0.15, -0.1) is 0 Å². The second-order valence-corrected chi connectivity index (χ2v) is 6.94. The van der Waals surface area contributed by atoms with Gasteiger partial charge in [0.1, 0.15) is 5.69 Å². The molecule has 27 heavy (non-hydrogen) atoms. The van der Waals surface area contributed by atoms with Gasteiger partial charge < -0.3 is 20.6 Å². The number of carbonyl (C=O) groups is 1. The van der Waals surface area contributed by atoms with Gasteiger partial charge in [0.2, 0.25) is 0 Å². The molecule has 9 nitrogen and oxygen atoms in total. The molecule has 0 bridgehead atoms. The number of fused-ring (bicyclic) bond motifs is 2. The van der Waals surface area contributed by atoms with Crippen LogP contribution in [0.2, 0.25) is 0 Å². The number of aromatic nitrogens is 6. The lowest BCUT2D eigenvalue weighted by Crippen LogP contribution is -2.42. The maximum absolute atomic E-state index is 12.9. The summed E-state index contributed by atoms with van der Waals surface area (Å²) in [5.74, 6) is 0.454. The van der Waals surface area contributed by atoms with Crippen molar-refractivity contribution in [2.24, 2.45) is 0 Å². The smallest absolute Gasteiger partial charge is 0.255 e. The maximum Gasteiger partial charge on any atom is 0.255 e. The number of carbonyl (C=O) groups excluding carboxylic acids is 1. The van der Waals surface area contributed by atoms with E-state index in [0.717, 1.165) is 53.7 Å². The number of nitrogens with zero attached hydrogens (tertiary/aromatic N) is 3. The van der Waals surface area contributed by atoms with E-state index in [1.165, 1.54) is 0 Å².